The van der Waals surface area contributed by atoms with Gasteiger partial charge in [0.25, 0.3) is 5.91 Å². The molecular formula is C20H23N7O. The van der Waals surface area contributed by atoms with Crippen LogP contribution < -0.4 is 5.32 Å². The van der Waals surface area contributed by atoms with Gasteiger partial charge < -0.3 is 10.2 Å². The summed E-state index contributed by atoms with van der Waals surface area (Å²) >= 11 is 0. The number of aromatic nitrogens is 5. The van der Waals surface area contributed by atoms with Gasteiger partial charge in [0, 0.05) is 55.8 Å². The van der Waals surface area contributed by atoms with Crippen molar-refractivity contribution in [1.82, 2.24) is 29.6 Å². The Morgan fingerprint density at radius 2 is 2.00 bits per heavy atom. The highest BCUT2D eigenvalue weighted by atomic mass is 16.2. The van der Waals surface area contributed by atoms with E-state index in [0.29, 0.717) is 30.9 Å². The van der Waals surface area contributed by atoms with Crippen LogP contribution in [0.4, 0.5) is 5.82 Å². The van der Waals surface area contributed by atoms with Gasteiger partial charge in [-0.05, 0) is 26.0 Å². The fraction of sp³-hybridized carbons (Fsp3) is 0.350. The number of hydrogen-bond acceptors (Lipinski definition) is 6. The van der Waals surface area contributed by atoms with E-state index in [9.17, 15) is 4.79 Å². The van der Waals surface area contributed by atoms with E-state index in [-0.39, 0.29) is 11.9 Å². The van der Waals surface area contributed by atoms with Crippen LogP contribution in [0, 0.1) is 0 Å². The fourth-order valence-corrected chi connectivity index (χ4v) is 3.32. The first-order valence-electron chi connectivity index (χ1n) is 9.36. The molecule has 0 radical (unpaired) electrons. The molecule has 0 unspecified atom stereocenters. The lowest BCUT2D eigenvalue weighted by Gasteiger charge is -2.30. The molecule has 3 aromatic rings. The van der Waals surface area contributed by atoms with Crippen LogP contribution in [0.1, 0.15) is 35.5 Å². The molecule has 4 rings (SSSR count). The molecule has 144 valence electrons. The fourth-order valence-electron chi connectivity index (χ4n) is 3.32. The molecule has 0 saturated carbocycles. The maximum Gasteiger partial charge on any atom is 0.254 e. The number of hydrogen-bond donors (Lipinski definition) is 1. The van der Waals surface area contributed by atoms with Crippen LogP contribution in [0.5, 0.6) is 0 Å². The van der Waals surface area contributed by atoms with E-state index in [1.807, 2.05) is 18.1 Å². The van der Waals surface area contributed by atoms with Crippen LogP contribution in [-0.4, -0.2) is 48.1 Å². The summed E-state index contributed by atoms with van der Waals surface area (Å²) in [5, 5.41) is 7.65. The Balaban J connectivity index is 1.69. The highest BCUT2D eigenvalue weighted by Gasteiger charge is 2.27. The Labute approximate surface area is 163 Å². The highest BCUT2D eigenvalue weighted by molar-refractivity contribution is 5.94. The molecule has 1 N–H and O–H groups in total. The van der Waals surface area contributed by atoms with Crippen molar-refractivity contribution >= 4 is 11.7 Å². The second kappa shape index (κ2) is 7.38. The molecule has 0 fully saturated rings. The van der Waals surface area contributed by atoms with Gasteiger partial charge in [0.05, 0.1) is 24.0 Å². The van der Waals surface area contributed by atoms with Crippen LogP contribution in [0.15, 0.2) is 36.9 Å². The molecular weight excluding hydrogens is 354 g/mol. The number of rotatable bonds is 4. The Hall–Kier alpha value is -3.29. The summed E-state index contributed by atoms with van der Waals surface area (Å²) < 4.78 is 1.74. The van der Waals surface area contributed by atoms with E-state index in [1.165, 1.54) is 0 Å². The summed E-state index contributed by atoms with van der Waals surface area (Å²) in [5.41, 5.74) is 3.49. The maximum atomic E-state index is 12.9. The van der Waals surface area contributed by atoms with Crippen molar-refractivity contribution in [3.05, 3.63) is 53.7 Å². The predicted molar refractivity (Wildman–Crippen MR) is 106 cm³/mol. The second-order valence-corrected chi connectivity index (χ2v) is 7.24. The number of aryl methyl sites for hydroxylation is 1. The Morgan fingerprint density at radius 1 is 1.21 bits per heavy atom. The molecule has 1 aliphatic rings. The first-order chi connectivity index (χ1) is 13.5. The van der Waals surface area contributed by atoms with Gasteiger partial charge >= 0.3 is 0 Å². The summed E-state index contributed by atoms with van der Waals surface area (Å²) in [6.45, 7) is 5.25. The first-order valence-corrected chi connectivity index (χ1v) is 9.36. The second-order valence-electron chi connectivity index (χ2n) is 7.24. The third-order valence-corrected chi connectivity index (χ3v) is 4.66. The predicted octanol–water partition coefficient (Wildman–Crippen LogP) is 2.29. The quantitative estimate of drug-likeness (QED) is 0.750. The van der Waals surface area contributed by atoms with Gasteiger partial charge in [-0.25, -0.2) is 9.97 Å². The lowest BCUT2D eigenvalue weighted by molar-refractivity contribution is 0.0733. The van der Waals surface area contributed by atoms with Gasteiger partial charge in [0.2, 0.25) is 0 Å². The smallest absolute Gasteiger partial charge is 0.254 e. The summed E-state index contributed by atoms with van der Waals surface area (Å²) in [5.74, 6) is 1.44. The first kappa shape index (κ1) is 18.1. The van der Waals surface area contributed by atoms with Gasteiger partial charge in [0.1, 0.15) is 5.82 Å². The molecule has 0 aromatic carbocycles. The van der Waals surface area contributed by atoms with Crippen LogP contribution in [-0.2, 0) is 20.0 Å². The zero-order chi connectivity index (χ0) is 19.7. The summed E-state index contributed by atoms with van der Waals surface area (Å²) in [7, 11) is 1.87. The van der Waals surface area contributed by atoms with Crippen molar-refractivity contribution in [2.45, 2.75) is 32.9 Å². The minimum atomic E-state index is -0.000108. The Kier molecular flexibility index (Phi) is 4.77. The molecule has 8 heteroatoms. The number of carbonyl (C=O) groups excluding carboxylic acids is 1. The summed E-state index contributed by atoms with van der Waals surface area (Å²) in [6.07, 6.45) is 7.64. The van der Waals surface area contributed by atoms with Gasteiger partial charge in [-0.1, -0.05) is 0 Å². The zero-order valence-electron chi connectivity index (χ0n) is 16.3. The number of carbonyl (C=O) groups is 1. The average Bonchev–Trinajstić information content (AvgIpc) is 3.13. The van der Waals surface area contributed by atoms with E-state index in [2.05, 4.69) is 29.2 Å². The molecule has 28 heavy (non-hydrogen) atoms. The highest BCUT2D eigenvalue weighted by Crippen LogP contribution is 2.28. The lowest BCUT2D eigenvalue weighted by atomic mass is 10.0. The number of nitrogens with zero attached hydrogens (tertiary/aromatic N) is 6. The minimum Gasteiger partial charge on any atom is -0.367 e. The van der Waals surface area contributed by atoms with E-state index in [0.717, 1.165) is 22.6 Å². The average molecular weight is 377 g/mol. The molecule has 0 saturated heterocycles. The van der Waals surface area contributed by atoms with Crippen molar-refractivity contribution in [2.24, 2.45) is 7.05 Å². The normalized spacial score (nSPS) is 13.5. The zero-order valence-corrected chi connectivity index (χ0v) is 16.3. The minimum absolute atomic E-state index is 0.000108. The monoisotopic (exact) mass is 377 g/mol. The Bertz CT molecular complexity index is 997. The molecule has 1 aliphatic heterocycles. The summed E-state index contributed by atoms with van der Waals surface area (Å²) in [4.78, 5) is 28.2. The van der Waals surface area contributed by atoms with E-state index in [4.69, 9.17) is 9.97 Å². The van der Waals surface area contributed by atoms with Crippen molar-refractivity contribution < 1.29 is 4.79 Å². The molecule has 0 atom stereocenters. The molecule has 0 bridgehead atoms. The molecule has 4 heterocycles. The number of anilines is 1. The number of nitrogens with one attached hydrogen (secondary N) is 1. The molecule has 3 aromatic heterocycles. The van der Waals surface area contributed by atoms with Crippen molar-refractivity contribution in [1.29, 1.82) is 0 Å². The van der Waals surface area contributed by atoms with E-state index in [1.54, 1.807) is 35.4 Å². The third-order valence-electron chi connectivity index (χ3n) is 4.66. The van der Waals surface area contributed by atoms with Gasteiger partial charge in [-0.15, -0.1) is 0 Å². The summed E-state index contributed by atoms with van der Waals surface area (Å²) in [6, 6.07) is 3.70. The van der Waals surface area contributed by atoms with Crippen LogP contribution in [0.25, 0.3) is 11.4 Å². The van der Waals surface area contributed by atoms with Gasteiger partial charge in [-0.3, -0.25) is 14.5 Å². The number of amides is 1. The lowest BCUT2D eigenvalue weighted by Crippen LogP contribution is -2.37. The van der Waals surface area contributed by atoms with Gasteiger partial charge in [-0.2, -0.15) is 5.10 Å². The third kappa shape index (κ3) is 3.58. The maximum absolute atomic E-state index is 12.9. The molecule has 0 spiro atoms. The van der Waals surface area contributed by atoms with Crippen molar-refractivity contribution in [3.8, 4) is 11.4 Å². The SMILES string of the molecule is CC(C)Nc1nc(-c2cnn(C)c2)nc2c1CN(C(=O)c1ccncc1)CC2. The van der Waals surface area contributed by atoms with Crippen molar-refractivity contribution in [2.75, 3.05) is 11.9 Å². The van der Waals surface area contributed by atoms with Crippen LogP contribution in [0.2, 0.25) is 0 Å². The van der Waals surface area contributed by atoms with E-state index >= 15 is 0 Å². The van der Waals surface area contributed by atoms with Crippen molar-refractivity contribution in [3.63, 3.8) is 0 Å². The Morgan fingerprint density at radius 3 is 2.68 bits per heavy atom. The van der Waals surface area contributed by atoms with Crippen LogP contribution in [0.3, 0.4) is 0 Å². The largest absolute Gasteiger partial charge is 0.367 e. The number of pyridine rings is 1. The molecule has 8 nitrogen and oxygen atoms in total. The van der Waals surface area contributed by atoms with Crippen LogP contribution >= 0.6 is 0 Å². The molecule has 1 amide bonds. The molecule has 0 aliphatic carbocycles. The number of fused-ring (bicyclic) bond motifs is 1. The van der Waals surface area contributed by atoms with Gasteiger partial charge in [0.15, 0.2) is 5.82 Å². The topological polar surface area (TPSA) is 88.8 Å². The standard InChI is InChI=1S/C20H23N7O/c1-13(2)23-19-16-12-27(20(28)14-4-7-21-8-5-14)9-6-17(16)24-18(25-19)15-10-22-26(3)11-15/h4-5,7-8,10-11,13H,6,9,12H2,1-3H3,(H,23,24,25). The van der Waals surface area contributed by atoms with E-state index < -0.39 is 0 Å².